The summed E-state index contributed by atoms with van der Waals surface area (Å²) in [6.45, 7) is 3.39. The molecule has 0 saturated carbocycles. The number of thioether (sulfide) groups is 1. The Bertz CT molecular complexity index is 551. The van der Waals surface area contributed by atoms with Crippen LogP contribution < -0.4 is 10.6 Å². The van der Waals surface area contributed by atoms with Crippen molar-refractivity contribution in [3.8, 4) is 0 Å². The third kappa shape index (κ3) is 7.22. The molecular formula is C18H28FN3O2S. The van der Waals surface area contributed by atoms with Gasteiger partial charge in [0, 0.05) is 32.5 Å². The molecule has 1 fully saturated rings. The Morgan fingerprint density at radius 3 is 3.00 bits per heavy atom. The zero-order valence-electron chi connectivity index (χ0n) is 15.0. The molecular weight excluding hydrogens is 341 g/mol. The molecule has 1 atom stereocenters. The molecule has 5 nitrogen and oxygen atoms in total. The number of hydrogen-bond acceptors (Lipinski definition) is 4. The predicted molar refractivity (Wildman–Crippen MR) is 102 cm³/mol. The van der Waals surface area contributed by atoms with Crippen molar-refractivity contribution >= 4 is 17.7 Å². The van der Waals surface area contributed by atoms with Crippen molar-refractivity contribution in [1.29, 1.82) is 0 Å². The number of benzene rings is 1. The number of halogens is 1. The molecule has 0 bridgehead atoms. The summed E-state index contributed by atoms with van der Waals surface area (Å²) in [5.74, 6) is 1.30. The lowest BCUT2D eigenvalue weighted by atomic mass is 10.1. The Balaban J connectivity index is 1.69. The topological polar surface area (TPSA) is 54.9 Å². The quantitative estimate of drug-likeness (QED) is 0.398. The van der Waals surface area contributed by atoms with Gasteiger partial charge < -0.3 is 20.1 Å². The lowest BCUT2D eigenvalue weighted by molar-refractivity contribution is 0.0191. The van der Waals surface area contributed by atoms with Crippen molar-refractivity contribution < 1.29 is 13.9 Å². The van der Waals surface area contributed by atoms with E-state index >= 15 is 0 Å². The largest absolute Gasteiger partial charge is 0.377 e. The van der Waals surface area contributed by atoms with Crippen LogP contribution in [0, 0.1) is 5.82 Å². The lowest BCUT2D eigenvalue weighted by Gasteiger charge is -2.15. The fourth-order valence-electron chi connectivity index (χ4n) is 2.69. The van der Waals surface area contributed by atoms with E-state index in [1.807, 2.05) is 12.3 Å². The monoisotopic (exact) mass is 369 g/mol. The van der Waals surface area contributed by atoms with E-state index in [4.69, 9.17) is 9.47 Å². The summed E-state index contributed by atoms with van der Waals surface area (Å²) < 4.78 is 24.5. The summed E-state index contributed by atoms with van der Waals surface area (Å²) in [5, 5.41) is 6.48. The first kappa shape index (κ1) is 20.0. The summed E-state index contributed by atoms with van der Waals surface area (Å²) in [4.78, 5) is 4.21. The fraction of sp³-hybridized carbons (Fsp3) is 0.611. The molecule has 0 amide bonds. The Kier molecular flexibility index (Phi) is 9.07. The summed E-state index contributed by atoms with van der Waals surface area (Å²) in [6, 6.07) is 4.92. The molecule has 1 heterocycles. The second-order valence-corrected chi connectivity index (χ2v) is 6.77. The number of hydrogen-bond donors (Lipinski definition) is 2. The number of aliphatic imine (C=N–C) groups is 1. The van der Waals surface area contributed by atoms with Crippen molar-refractivity contribution in [3.05, 3.63) is 35.1 Å². The average Bonchev–Trinajstić information content (AvgIpc) is 3.12. The molecule has 1 aliphatic rings. The van der Waals surface area contributed by atoms with E-state index < -0.39 is 0 Å². The predicted octanol–water partition coefficient (Wildman–Crippen LogP) is 2.55. The Morgan fingerprint density at radius 2 is 2.28 bits per heavy atom. The highest BCUT2D eigenvalue weighted by Gasteiger charge is 2.15. The van der Waals surface area contributed by atoms with Gasteiger partial charge >= 0.3 is 0 Å². The first-order valence-corrected chi connectivity index (χ1v) is 10.0. The van der Waals surface area contributed by atoms with Crippen LogP contribution in [0.5, 0.6) is 0 Å². The average molecular weight is 370 g/mol. The van der Waals surface area contributed by atoms with Crippen molar-refractivity contribution in [3.63, 3.8) is 0 Å². The highest BCUT2D eigenvalue weighted by molar-refractivity contribution is 7.97. The van der Waals surface area contributed by atoms with E-state index in [1.165, 1.54) is 6.07 Å². The lowest BCUT2D eigenvalue weighted by Crippen LogP contribution is -2.38. The smallest absolute Gasteiger partial charge is 0.191 e. The van der Waals surface area contributed by atoms with Crippen LogP contribution in [0.15, 0.2) is 23.2 Å². The minimum absolute atomic E-state index is 0.196. The van der Waals surface area contributed by atoms with E-state index in [0.29, 0.717) is 32.3 Å². The number of rotatable bonds is 9. The molecule has 25 heavy (non-hydrogen) atoms. The van der Waals surface area contributed by atoms with Gasteiger partial charge in [-0.3, -0.25) is 4.99 Å². The number of nitrogens with zero attached hydrogens (tertiary/aromatic N) is 1. The number of ether oxygens (including phenoxy) is 2. The van der Waals surface area contributed by atoms with Gasteiger partial charge in [0.1, 0.15) is 5.82 Å². The molecule has 1 aromatic rings. The molecule has 140 valence electrons. The molecule has 1 aromatic carbocycles. The zero-order chi connectivity index (χ0) is 17.9. The van der Waals surface area contributed by atoms with Gasteiger partial charge in [-0.25, -0.2) is 4.39 Å². The van der Waals surface area contributed by atoms with E-state index in [0.717, 1.165) is 36.3 Å². The zero-order valence-corrected chi connectivity index (χ0v) is 15.8. The standard InChI is InChI=1S/C18H28FN3O2S/c1-20-18(21-7-9-23-12-17-4-3-8-24-17)22-11-14-5-6-16(19)10-15(14)13-25-2/h5-6,10,17H,3-4,7-9,11-13H2,1-2H3,(H2,20,21,22). The molecule has 0 spiro atoms. The van der Waals surface area contributed by atoms with Crippen LogP contribution in [-0.4, -0.2) is 51.7 Å². The molecule has 2 N–H and O–H groups in total. The number of nitrogens with one attached hydrogen (secondary N) is 2. The molecule has 7 heteroatoms. The maximum Gasteiger partial charge on any atom is 0.191 e. The SMILES string of the molecule is CN=C(NCCOCC1CCCO1)NCc1ccc(F)cc1CSC. The second-order valence-electron chi connectivity index (χ2n) is 5.91. The molecule has 2 rings (SSSR count). The van der Waals surface area contributed by atoms with Crippen LogP contribution >= 0.6 is 11.8 Å². The van der Waals surface area contributed by atoms with Gasteiger partial charge in [-0.2, -0.15) is 11.8 Å². The third-order valence-corrected chi connectivity index (χ3v) is 4.60. The van der Waals surface area contributed by atoms with Gasteiger partial charge in [0.2, 0.25) is 0 Å². The Labute approximate surface area is 153 Å². The van der Waals surface area contributed by atoms with Crippen molar-refractivity contribution in [1.82, 2.24) is 10.6 Å². The van der Waals surface area contributed by atoms with Crippen LogP contribution in [0.1, 0.15) is 24.0 Å². The van der Waals surface area contributed by atoms with Gasteiger partial charge in [-0.05, 0) is 42.4 Å². The summed E-state index contributed by atoms with van der Waals surface area (Å²) in [6.07, 6.45) is 4.49. The van der Waals surface area contributed by atoms with Crippen molar-refractivity contribution in [2.75, 3.05) is 39.7 Å². The molecule has 0 radical (unpaired) electrons. The van der Waals surface area contributed by atoms with Gasteiger partial charge in [0.15, 0.2) is 5.96 Å². The number of guanidine groups is 1. The molecule has 0 aromatic heterocycles. The molecule has 1 unspecified atom stereocenters. The first-order chi connectivity index (χ1) is 12.2. The highest BCUT2D eigenvalue weighted by atomic mass is 32.2. The maximum atomic E-state index is 13.4. The summed E-state index contributed by atoms with van der Waals surface area (Å²) >= 11 is 1.68. The normalized spacial score (nSPS) is 17.7. The minimum atomic E-state index is -0.196. The van der Waals surface area contributed by atoms with Crippen LogP contribution in [0.3, 0.4) is 0 Å². The first-order valence-electron chi connectivity index (χ1n) is 8.63. The van der Waals surface area contributed by atoms with Crippen LogP contribution in [0.25, 0.3) is 0 Å². The van der Waals surface area contributed by atoms with E-state index in [2.05, 4.69) is 15.6 Å². The minimum Gasteiger partial charge on any atom is -0.377 e. The van der Waals surface area contributed by atoms with Gasteiger partial charge in [-0.15, -0.1) is 0 Å². The fourth-order valence-corrected chi connectivity index (χ4v) is 3.27. The van der Waals surface area contributed by atoms with Gasteiger partial charge in [0.25, 0.3) is 0 Å². The Hall–Kier alpha value is -1.31. The van der Waals surface area contributed by atoms with Crippen LogP contribution in [-0.2, 0) is 21.8 Å². The van der Waals surface area contributed by atoms with Crippen molar-refractivity contribution in [2.24, 2.45) is 4.99 Å². The van der Waals surface area contributed by atoms with Crippen molar-refractivity contribution in [2.45, 2.75) is 31.2 Å². The van der Waals surface area contributed by atoms with E-state index in [1.54, 1.807) is 24.9 Å². The third-order valence-electron chi connectivity index (χ3n) is 4.00. The van der Waals surface area contributed by atoms with Gasteiger partial charge in [0.05, 0.1) is 19.3 Å². The molecule has 1 aliphatic heterocycles. The second kappa shape index (κ2) is 11.3. The maximum absolute atomic E-state index is 13.4. The van der Waals surface area contributed by atoms with Gasteiger partial charge in [-0.1, -0.05) is 6.07 Å². The summed E-state index contributed by atoms with van der Waals surface area (Å²) in [7, 11) is 1.73. The molecule has 0 aliphatic carbocycles. The summed E-state index contributed by atoms with van der Waals surface area (Å²) in [5.41, 5.74) is 2.09. The highest BCUT2D eigenvalue weighted by Crippen LogP contribution is 2.16. The van der Waals surface area contributed by atoms with Crippen LogP contribution in [0.2, 0.25) is 0 Å². The van der Waals surface area contributed by atoms with E-state index in [9.17, 15) is 4.39 Å². The van der Waals surface area contributed by atoms with Crippen LogP contribution in [0.4, 0.5) is 4.39 Å². The van der Waals surface area contributed by atoms with E-state index in [-0.39, 0.29) is 11.9 Å². The Morgan fingerprint density at radius 1 is 1.40 bits per heavy atom. The molecule has 1 saturated heterocycles.